The lowest BCUT2D eigenvalue weighted by Crippen LogP contribution is -2.49. The summed E-state index contributed by atoms with van der Waals surface area (Å²) in [7, 11) is 0. The first-order chi connectivity index (χ1) is 10.4. The minimum atomic E-state index is -1.66. The highest BCUT2D eigenvalue weighted by Gasteiger charge is 2.31. The first-order valence-electron chi connectivity index (χ1n) is 6.71. The molecule has 0 aliphatic carbocycles. The van der Waals surface area contributed by atoms with Crippen molar-refractivity contribution in [3.05, 3.63) is 35.9 Å². The molecule has 1 rings (SSSR count). The Kier molecular flexibility index (Phi) is 8.26. The van der Waals surface area contributed by atoms with Crippen molar-refractivity contribution in [1.82, 2.24) is 4.90 Å². The predicted octanol–water partition coefficient (Wildman–Crippen LogP) is -0.861. The molecule has 1 aromatic carbocycles. The molecule has 1 aromatic rings. The molecule has 0 amide bonds. The molecule has 0 aliphatic rings. The van der Waals surface area contributed by atoms with E-state index in [0.717, 1.165) is 5.56 Å². The van der Waals surface area contributed by atoms with Crippen molar-refractivity contribution in [3.63, 3.8) is 0 Å². The zero-order valence-corrected chi connectivity index (χ0v) is 13.6. The van der Waals surface area contributed by atoms with Crippen LogP contribution in [0.1, 0.15) is 5.56 Å². The largest absolute Gasteiger partial charge is 0.394 e. The van der Waals surface area contributed by atoms with Gasteiger partial charge in [-0.15, -0.1) is 12.6 Å². The highest BCUT2D eigenvalue weighted by molar-refractivity contribution is 8.10. The van der Waals surface area contributed by atoms with Gasteiger partial charge in [-0.05, 0) is 5.56 Å². The molecule has 6 nitrogen and oxygen atoms in total. The average molecular weight is 347 g/mol. The van der Waals surface area contributed by atoms with E-state index in [1.807, 2.05) is 30.3 Å². The lowest BCUT2D eigenvalue weighted by molar-refractivity contribution is -0.117. The average Bonchev–Trinajstić information content (AvgIpc) is 2.52. The number of thiocarbonyl (C=S) groups is 1. The first-order valence-corrected chi connectivity index (χ1v) is 7.57. The second-order valence-corrected chi connectivity index (χ2v) is 6.06. The van der Waals surface area contributed by atoms with Crippen molar-refractivity contribution in [2.45, 2.75) is 31.0 Å². The molecule has 124 valence electrons. The Bertz CT molecular complexity index is 462. The van der Waals surface area contributed by atoms with E-state index in [1.165, 1.54) is 0 Å². The molecule has 0 saturated carbocycles. The van der Waals surface area contributed by atoms with Gasteiger partial charge in [-0.3, -0.25) is 0 Å². The van der Waals surface area contributed by atoms with Crippen molar-refractivity contribution in [1.29, 1.82) is 0 Å². The van der Waals surface area contributed by atoms with E-state index in [1.54, 1.807) is 4.90 Å². The molecule has 0 aliphatic heterocycles. The maximum atomic E-state index is 9.99. The molecule has 0 fully saturated rings. The summed E-state index contributed by atoms with van der Waals surface area (Å²) < 4.78 is 0.229. The van der Waals surface area contributed by atoms with Crippen LogP contribution >= 0.6 is 24.8 Å². The molecule has 5 N–H and O–H groups in total. The number of nitrogens with zero attached hydrogens (tertiary/aromatic N) is 1. The van der Waals surface area contributed by atoms with Gasteiger partial charge in [-0.25, -0.2) is 0 Å². The van der Waals surface area contributed by atoms with E-state index in [0.29, 0.717) is 6.54 Å². The van der Waals surface area contributed by atoms with Crippen molar-refractivity contribution >= 4 is 29.2 Å². The Morgan fingerprint density at radius 3 is 2.09 bits per heavy atom. The van der Waals surface area contributed by atoms with Gasteiger partial charge in [0.05, 0.1) is 6.61 Å². The minimum absolute atomic E-state index is 0.0758. The molecule has 0 unspecified atom stereocenters. The quantitative estimate of drug-likeness (QED) is 0.269. The molecule has 4 atom stereocenters. The molecular weight excluding hydrogens is 326 g/mol. The SMILES string of the molecule is OC[C@@H](O)[C@@H](O)[C@H](O)[C@@H](O)CN(Cc1ccccc1)C(=S)S. The van der Waals surface area contributed by atoms with Gasteiger partial charge in [0.2, 0.25) is 0 Å². The Balaban J connectivity index is 2.68. The molecular formula is C14H21NO5S2. The van der Waals surface area contributed by atoms with Gasteiger partial charge in [0.15, 0.2) is 0 Å². The summed E-state index contributed by atoms with van der Waals surface area (Å²) in [5.41, 5.74) is 0.941. The fraction of sp³-hybridized carbons (Fsp3) is 0.500. The summed E-state index contributed by atoms with van der Waals surface area (Å²) >= 11 is 9.10. The number of benzene rings is 1. The highest BCUT2D eigenvalue weighted by atomic mass is 32.1. The van der Waals surface area contributed by atoms with E-state index in [4.69, 9.17) is 17.3 Å². The number of aliphatic hydroxyl groups excluding tert-OH is 5. The maximum absolute atomic E-state index is 9.99. The van der Waals surface area contributed by atoms with Crippen molar-refractivity contribution < 1.29 is 25.5 Å². The van der Waals surface area contributed by atoms with Crippen LogP contribution in [0.15, 0.2) is 30.3 Å². The molecule has 0 radical (unpaired) electrons. The molecule has 0 saturated heterocycles. The normalized spacial score (nSPS) is 16.6. The summed E-state index contributed by atoms with van der Waals surface area (Å²) in [4.78, 5) is 1.56. The van der Waals surface area contributed by atoms with Gasteiger partial charge < -0.3 is 30.4 Å². The lowest BCUT2D eigenvalue weighted by Gasteiger charge is -2.30. The molecule has 0 aromatic heterocycles. The van der Waals surface area contributed by atoms with Crippen LogP contribution in [-0.4, -0.2) is 72.3 Å². The molecule has 0 bridgehead atoms. The van der Waals surface area contributed by atoms with E-state index >= 15 is 0 Å². The van der Waals surface area contributed by atoms with Gasteiger partial charge in [0.25, 0.3) is 0 Å². The smallest absolute Gasteiger partial charge is 0.133 e. The van der Waals surface area contributed by atoms with E-state index in [2.05, 4.69) is 12.6 Å². The highest BCUT2D eigenvalue weighted by Crippen LogP contribution is 2.12. The van der Waals surface area contributed by atoms with Gasteiger partial charge in [-0.1, -0.05) is 42.5 Å². The Morgan fingerprint density at radius 2 is 1.59 bits per heavy atom. The van der Waals surface area contributed by atoms with Crippen LogP contribution in [0.4, 0.5) is 0 Å². The third-order valence-electron chi connectivity index (χ3n) is 3.22. The third-order valence-corrected chi connectivity index (χ3v) is 3.76. The topological polar surface area (TPSA) is 104 Å². The van der Waals surface area contributed by atoms with Gasteiger partial charge >= 0.3 is 0 Å². The van der Waals surface area contributed by atoms with E-state index in [-0.39, 0.29) is 10.9 Å². The third kappa shape index (κ3) is 5.81. The minimum Gasteiger partial charge on any atom is -0.394 e. The second kappa shape index (κ2) is 9.41. The molecule has 0 heterocycles. The molecule has 8 heteroatoms. The van der Waals surface area contributed by atoms with Crippen LogP contribution < -0.4 is 0 Å². The Hall–Kier alpha value is -0.740. The van der Waals surface area contributed by atoms with Crippen LogP contribution in [0.2, 0.25) is 0 Å². The van der Waals surface area contributed by atoms with Crippen molar-refractivity contribution in [2.24, 2.45) is 0 Å². The van der Waals surface area contributed by atoms with Crippen LogP contribution in [0.25, 0.3) is 0 Å². The van der Waals surface area contributed by atoms with Crippen LogP contribution in [0, 0.1) is 0 Å². The Labute approximate surface area is 140 Å². The predicted molar refractivity (Wildman–Crippen MR) is 89.5 cm³/mol. The van der Waals surface area contributed by atoms with Gasteiger partial charge in [-0.2, -0.15) is 0 Å². The summed E-state index contributed by atoms with van der Waals surface area (Å²) in [6.07, 6.45) is -6.18. The fourth-order valence-corrected chi connectivity index (χ4v) is 2.20. The van der Waals surface area contributed by atoms with Gasteiger partial charge in [0, 0.05) is 13.1 Å². The number of hydrogen-bond acceptors (Lipinski definition) is 6. The lowest BCUT2D eigenvalue weighted by atomic mass is 10.0. The van der Waals surface area contributed by atoms with Crippen molar-refractivity contribution in [2.75, 3.05) is 13.2 Å². The number of aliphatic hydroxyl groups is 5. The van der Waals surface area contributed by atoms with E-state index in [9.17, 15) is 20.4 Å². The summed E-state index contributed by atoms with van der Waals surface area (Å²) in [6.45, 7) is -0.414. The van der Waals surface area contributed by atoms with Crippen LogP contribution in [0.3, 0.4) is 0 Å². The summed E-state index contributed by atoms with van der Waals surface area (Å²) in [5.74, 6) is 0. The first kappa shape index (κ1) is 19.3. The Morgan fingerprint density at radius 1 is 1.05 bits per heavy atom. The van der Waals surface area contributed by atoms with E-state index < -0.39 is 31.0 Å². The van der Waals surface area contributed by atoms with Crippen LogP contribution in [0.5, 0.6) is 0 Å². The number of hydrogen-bond donors (Lipinski definition) is 6. The standard InChI is InChI=1S/C14H21NO5S2/c16-8-11(18)13(20)12(19)10(17)7-15(14(21)22)6-9-4-2-1-3-5-9/h1-5,10-13,16-20H,6-8H2,(H,21,22)/t10-,11+,12+,13+/m0/s1. The molecule has 0 spiro atoms. The summed E-state index contributed by atoms with van der Waals surface area (Å²) in [5, 5.41) is 47.5. The monoisotopic (exact) mass is 347 g/mol. The second-order valence-electron chi connectivity index (χ2n) is 4.95. The maximum Gasteiger partial charge on any atom is 0.133 e. The summed E-state index contributed by atoms with van der Waals surface area (Å²) in [6, 6.07) is 9.36. The van der Waals surface area contributed by atoms with Crippen LogP contribution in [-0.2, 0) is 6.54 Å². The van der Waals surface area contributed by atoms with Crippen molar-refractivity contribution in [3.8, 4) is 0 Å². The van der Waals surface area contributed by atoms with Gasteiger partial charge in [0.1, 0.15) is 28.7 Å². The zero-order valence-electron chi connectivity index (χ0n) is 11.9. The fourth-order valence-electron chi connectivity index (χ4n) is 1.91. The number of rotatable bonds is 8. The zero-order chi connectivity index (χ0) is 16.7. The molecule has 22 heavy (non-hydrogen) atoms. The number of thiol groups is 1.